The molecule has 5 heteroatoms. The number of carbonyl (C=O) groups excluding carboxylic acids is 2. The van der Waals surface area contributed by atoms with Crippen molar-refractivity contribution in [3.63, 3.8) is 0 Å². The zero-order valence-electron chi connectivity index (χ0n) is 12.4. The molecule has 1 aliphatic heterocycles. The Hall–Kier alpha value is -1.26. The van der Waals surface area contributed by atoms with E-state index in [-0.39, 0.29) is 11.7 Å². The molecule has 2 rings (SSSR count). The maximum absolute atomic E-state index is 12.1. The summed E-state index contributed by atoms with van der Waals surface area (Å²) in [4.78, 5) is 25.8. The number of carbonyl (C=O) groups is 2. The van der Waals surface area contributed by atoms with Gasteiger partial charge in [0, 0.05) is 16.5 Å². The van der Waals surface area contributed by atoms with Crippen molar-refractivity contribution in [3.8, 4) is 0 Å². The van der Waals surface area contributed by atoms with E-state index in [0.717, 1.165) is 10.6 Å². The molecular formula is C16H18ClNO2S. The Morgan fingerprint density at radius 3 is 2.52 bits per heavy atom. The zero-order chi connectivity index (χ0) is 15.6. The van der Waals surface area contributed by atoms with E-state index < -0.39 is 5.41 Å². The van der Waals surface area contributed by atoms with Gasteiger partial charge >= 0.3 is 0 Å². The average molecular weight is 324 g/mol. The summed E-state index contributed by atoms with van der Waals surface area (Å²) in [5.74, 6) is 0.445. The third kappa shape index (κ3) is 4.11. The minimum Gasteiger partial charge on any atom is -0.301 e. The minimum absolute atomic E-state index is 0.0285. The Morgan fingerprint density at radius 1 is 1.33 bits per heavy atom. The van der Waals surface area contributed by atoms with Crippen molar-refractivity contribution in [2.24, 2.45) is 5.41 Å². The summed E-state index contributed by atoms with van der Waals surface area (Å²) in [6, 6.07) is 7.38. The van der Waals surface area contributed by atoms with E-state index in [1.165, 1.54) is 11.8 Å². The van der Waals surface area contributed by atoms with E-state index in [0.29, 0.717) is 17.3 Å². The lowest BCUT2D eigenvalue weighted by Crippen LogP contribution is -2.25. The molecule has 1 heterocycles. The van der Waals surface area contributed by atoms with Gasteiger partial charge in [-0.05, 0) is 17.7 Å². The van der Waals surface area contributed by atoms with Crippen LogP contribution in [0.1, 0.15) is 26.3 Å². The highest BCUT2D eigenvalue weighted by atomic mass is 35.5. The monoisotopic (exact) mass is 323 g/mol. The van der Waals surface area contributed by atoms with Crippen molar-refractivity contribution >= 4 is 35.1 Å². The lowest BCUT2D eigenvalue weighted by molar-refractivity contribution is -0.125. The van der Waals surface area contributed by atoms with Crippen LogP contribution in [0.15, 0.2) is 35.4 Å². The third-order valence-electron chi connectivity index (χ3n) is 3.16. The van der Waals surface area contributed by atoms with Crippen molar-refractivity contribution in [1.29, 1.82) is 0 Å². The minimum atomic E-state index is -0.439. The zero-order valence-corrected chi connectivity index (χ0v) is 13.9. The second kappa shape index (κ2) is 6.24. The molecule has 3 nitrogen and oxygen atoms in total. The Kier molecular flexibility index (Phi) is 4.79. The fourth-order valence-electron chi connectivity index (χ4n) is 1.80. The van der Waals surface area contributed by atoms with Crippen molar-refractivity contribution in [2.75, 3.05) is 5.75 Å². The van der Waals surface area contributed by atoms with Gasteiger partial charge in [0.1, 0.15) is 0 Å². The number of amides is 1. The fourth-order valence-corrected chi connectivity index (χ4v) is 2.87. The van der Waals surface area contributed by atoms with E-state index in [2.05, 4.69) is 0 Å². The average Bonchev–Trinajstić information content (AvgIpc) is 2.73. The first kappa shape index (κ1) is 16.1. The summed E-state index contributed by atoms with van der Waals surface area (Å²) in [5.41, 5.74) is 0.551. The molecule has 0 saturated carbocycles. The van der Waals surface area contributed by atoms with E-state index >= 15 is 0 Å². The third-order valence-corrected chi connectivity index (χ3v) is 4.44. The topological polar surface area (TPSA) is 37.4 Å². The van der Waals surface area contributed by atoms with Crippen LogP contribution in [0.25, 0.3) is 0 Å². The van der Waals surface area contributed by atoms with Gasteiger partial charge in [-0.2, -0.15) is 0 Å². The largest absolute Gasteiger partial charge is 0.301 e. The molecule has 0 bridgehead atoms. The van der Waals surface area contributed by atoms with Crippen LogP contribution in [-0.2, 0) is 16.1 Å². The van der Waals surface area contributed by atoms with Crippen LogP contribution >= 0.6 is 23.4 Å². The number of allylic oxidation sites excluding steroid dienone is 1. The van der Waals surface area contributed by atoms with Gasteiger partial charge in [0.05, 0.1) is 17.3 Å². The second-order valence-corrected chi connectivity index (χ2v) is 7.42. The first-order valence-electron chi connectivity index (χ1n) is 6.71. The Morgan fingerprint density at radius 2 is 1.95 bits per heavy atom. The van der Waals surface area contributed by atoms with Gasteiger partial charge in [-0.3, -0.25) is 9.59 Å². The molecule has 0 N–H and O–H groups in total. The lowest BCUT2D eigenvalue weighted by atomic mass is 9.91. The smallest absolute Gasteiger partial charge is 0.238 e. The highest BCUT2D eigenvalue weighted by Crippen LogP contribution is 2.32. The number of rotatable bonds is 3. The number of hydrogen-bond donors (Lipinski definition) is 0. The molecule has 1 fully saturated rings. The Balaban J connectivity index is 2.19. The molecule has 1 aliphatic rings. The van der Waals surface area contributed by atoms with Crippen LogP contribution in [0.2, 0.25) is 5.02 Å². The molecule has 0 unspecified atom stereocenters. The van der Waals surface area contributed by atoms with E-state index in [4.69, 9.17) is 11.6 Å². The lowest BCUT2D eigenvalue weighted by Gasteiger charge is -2.19. The summed E-state index contributed by atoms with van der Waals surface area (Å²) in [5, 5.41) is 1.40. The van der Waals surface area contributed by atoms with Crippen molar-refractivity contribution in [1.82, 2.24) is 4.90 Å². The van der Waals surface area contributed by atoms with Crippen LogP contribution < -0.4 is 0 Å². The highest BCUT2D eigenvalue weighted by molar-refractivity contribution is 8.04. The van der Waals surface area contributed by atoms with Gasteiger partial charge in [-0.15, -0.1) is 0 Å². The van der Waals surface area contributed by atoms with Crippen LogP contribution in [-0.4, -0.2) is 22.3 Å². The molecule has 1 aromatic carbocycles. The summed E-state index contributed by atoms with van der Waals surface area (Å²) < 4.78 is 0. The van der Waals surface area contributed by atoms with Gasteiger partial charge < -0.3 is 4.90 Å². The van der Waals surface area contributed by atoms with Gasteiger partial charge in [-0.1, -0.05) is 56.3 Å². The van der Waals surface area contributed by atoms with Crippen LogP contribution in [0, 0.1) is 5.41 Å². The molecule has 0 radical (unpaired) electrons. The number of benzene rings is 1. The van der Waals surface area contributed by atoms with Gasteiger partial charge in [-0.25, -0.2) is 0 Å². The van der Waals surface area contributed by atoms with Gasteiger partial charge in [0.25, 0.3) is 0 Å². The molecule has 112 valence electrons. The number of halogens is 1. The maximum Gasteiger partial charge on any atom is 0.238 e. The van der Waals surface area contributed by atoms with Crippen LogP contribution in [0.5, 0.6) is 0 Å². The number of thioether (sulfide) groups is 1. The molecule has 1 saturated heterocycles. The second-order valence-electron chi connectivity index (χ2n) is 5.99. The van der Waals surface area contributed by atoms with Gasteiger partial charge in [0.2, 0.25) is 5.91 Å². The maximum atomic E-state index is 12.1. The molecule has 0 aliphatic carbocycles. The molecule has 0 aromatic heterocycles. The standard InChI is InChI=1S/C16H18ClNO2S/c1-16(2,3)13(19)8-15-18(14(20)10-21-15)9-11-4-6-12(17)7-5-11/h4-8H,9-10H2,1-3H3/b15-8-. The quantitative estimate of drug-likeness (QED) is 0.792. The molecule has 0 atom stereocenters. The molecule has 1 amide bonds. The van der Waals surface area contributed by atoms with Crippen molar-refractivity contribution < 1.29 is 9.59 Å². The number of ketones is 1. The van der Waals surface area contributed by atoms with E-state index in [1.807, 2.05) is 32.9 Å². The first-order chi connectivity index (χ1) is 9.77. The summed E-state index contributed by atoms with van der Waals surface area (Å²) in [6.45, 7) is 6.08. The van der Waals surface area contributed by atoms with E-state index in [9.17, 15) is 9.59 Å². The van der Waals surface area contributed by atoms with Gasteiger partial charge in [0.15, 0.2) is 5.78 Å². The molecule has 21 heavy (non-hydrogen) atoms. The predicted molar refractivity (Wildman–Crippen MR) is 87.0 cm³/mol. The normalized spacial score (nSPS) is 17.6. The highest BCUT2D eigenvalue weighted by Gasteiger charge is 2.29. The van der Waals surface area contributed by atoms with Crippen molar-refractivity contribution in [2.45, 2.75) is 27.3 Å². The van der Waals surface area contributed by atoms with Crippen molar-refractivity contribution in [3.05, 3.63) is 46.0 Å². The SMILES string of the molecule is CC(C)(C)C(=O)/C=C1\SCC(=O)N1Cc1ccc(Cl)cc1. The Bertz CT molecular complexity index is 587. The molecular weight excluding hydrogens is 306 g/mol. The number of nitrogens with zero attached hydrogens (tertiary/aromatic N) is 1. The van der Waals surface area contributed by atoms with Crippen LogP contribution in [0.4, 0.5) is 0 Å². The first-order valence-corrected chi connectivity index (χ1v) is 8.07. The summed E-state index contributed by atoms with van der Waals surface area (Å²) >= 11 is 7.28. The molecule has 1 aromatic rings. The summed E-state index contributed by atoms with van der Waals surface area (Å²) in [6.07, 6.45) is 1.59. The summed E-state index contributed by atoms with van der Waals surface area (Å²) in [7, 11) is 0. The molecule has 0 spiro atoms. The Labute approximate surface area is 134 Å². The van der Waals surface area contributed by atoms with Crippen LogP contribution in [0.3, 0.4) is 0 Å². The predicted octanol–water partition coefficient (Wildman–Crippen LogP) is 3.87. The van der Waals surface area contributed by atoms with E-state index in [1.54, 1.807) is 23.1 Å². The fraction of sp³-hybridized carbons (Fsp3) is 0.375. The number of hydrogen-bond acceptors (Lipinski definition) is 3.